The van der Waals surface area contributed by atoms with Crippen molar-refractivity contribution < 1.29 is 35.4 Å². The Bertz CT molecular complexity index is 182. The molecule has 6 N–H and O–H groups in total. The van der Waals surface area contributed by atoms with Crippen LogP contribution in [-0.2, 0) is 4.79 Å². The predicted octanol–water partition coefficient (Wildman–Crippen LogP) is -3.49. The van der Waals surface area contributed by atoms with Crippen LogP contribution in [0.3, 0.4) is 0 Å². The zero-order valence-corrected chi connectivity index (χ0v) is 6.66. The van der Waals surface area contributed by atoms with Crippen molar-refractivity contribution in [1.29, 1.82) is 0 Å². The average Bonchev–Trinajstić information content (AvgIpc) is 2.13. The van der Waals surface area contributed by atoms with Gasteiger partial charge in [0.15, 0.2) is 0 Å². The number of hydrogen-bond donors (Lipinski definition) is 6. The Balaban J connectivity index is 4.65. The molecule has 7 heteroatoms. The summed E-state index contributed by atoms with van der Waals surface area (Å²) in [6, 6.07) is 0. The van der Waals surface area contributed by atoms with Crippen molar-refractivity contribution >= 4 is 5.97 Å². The molecular formula is C6H12O7. The lowest BCUT2D eigenvalue weighted by Gasteiger charge is -2.29. The number of aliphatic hydroxyl groups is 5. The third-order valence-corrected chi connectivity index (χ3v) is 1.65. The van der Waals surface area contributed by atoms with Crippen LogP contribution in [0.5, 0.6) is 0 Å². The number of hydrogen-bond acceptors (Lipinski definition) is 6. The van der Waals surface area contributed by atoms with Crippen LogP contribution in [-0.4, -0.2) is 67.6 Å². The second-order valence-electron chi connectivity index (χ2n) is 2.58. The van der Waals surface area contributed by atoms with Crippen LogP contribution < -0.4 is 0 Å². The molecule has 0 spiro atoms. The van der Waals surface area contributed by atoms with Gasteiger partial charge < -0.3 is 30.6 Å². The molecule has 0 unspecified atom stereocenters. The quantitative estimate of drug-likeness (QED) is 0.268. The summed E-state index contributed by atoms with van der Waals surface area (Å²) in [5.41, 5.74) is -2.86. The van der Waals surface area contributed by atoms with Crippen molar-refractivity contribution in [2.45, 2.75) is 17.8 Å². The first-order valence-corrected chi connectivity index (χ1v) is 3.43. The predicted molar refractivity (Wildman–Crippen MR) is 38.8 cm³/mol. The van der Waals surface area contributed by atoms with Gasteiger partial charge in [0.05, 0.1) is 13.2 Å². The molecule has 13 heavy (non-hydrogen) atoms. The zero-order valence-electron chi connectivity index (χ0n) is 6.66. The van der Waals surface area contributed by atoms with Crippen molar-refractivity contribution in [2.75, 3.05) is 13.2 Å². The first kappa shape index (κ1) is 12.3. The van der Waals surface area contributed by atoms with Gasteiger partial charge in [-0.15, -0.1) is 0 Å². The average molecular weight is 196 g/mol. The highest BCUT2D eigenvalue weighted by molar-refractivity contribution is 5.78. The normalized spacial score (nSPS) is 20.4. The SMILES string of the molecule is O=C(O)[C@@](O)(CO)[C@@H](O)[C@H](O)CO. The van der Waals surface area contributed by atoms with Gasteiger partial charge in [-0.1, -0.05) is 0 Å². The highest BCUT2D eigenvalue weighted by Gasteiger charge is 2.46. The molecule has 0 rings (SSSR count). The smallest absolute Gasteiger partial charge is 0.341 e. The Hall–Kier alpha value is -0.730. The molecule has 0 aliphatic heterocycles. The standard InChI is InChI=1S/C6H12O7/c7-1-3(9)4(10)6(13,2-8)5(11)12/h3-4,7-10,13H,1-2H2,(H,11,12)/t3-,4+,6-/m1/s1. The first-order valence-electron chi connectivity index (χ1n) is 3.43. The summed E-state index contributed by atoms with van der Waals surface area (Å²) in [6.07, 6.45) is -3.98. The van der Waals surface area contributed by atoms with Gasteiger partial charge in [0, 0.05) is 0 Å². The number of carboxylic acids is 1. The summed E-state index contributed by atoms with van der Waals surface area (Å²) < 4.78 is 0. The van der Waals surface area contributed by atoms with Gasteiger partial charge in [-0.25, -0.2) is 4.79 Å². The van der Waals surface area contributed by atoms with Crippen molar-refractivity contribution in [2.24, 2.45) is 0 Å². The zero-order chi connectivity index (χ0) is 10.6. The molecule has 3 atom stereocenters. The maximum Gasteiger partial charge on any atom is 0.341 e. The topological polar surface area (TPSA) is 138 Å². The molecule has 0 bridgehead atoms. The van der Waals surface area contributed by atoms with Crippen LogP contribution in [0.4, 0.5) is 0 Å². The molecule has 7 nitrogen and oxygen atoms in total. The largest absolute Gasteiger partial charge is 0.479 e. The Morgan fingerprint density at radius 2 is 1.77 bits per heavy atom. The van der Waals surface area contributed by atoms with E-state index in [1.807, 2.05) is 0 Å². The second kappa shape index (κ2) is 4.49. The lowest BCUT2D eigenvalue weighted by Crippen LogP contribution is -2.58. The van der Waals surface area contributed by atoms with E-state index in [4.69, 9.17) is 30.6 Å². The van der Waals surface area contributed by atoms with Crippen LogP contribution in [0.2, 0.25) is 0 Å². The van der Waals surface area contributed by atoms with E-state index in [0.717, 1.165) is 0 Å². The molecule has 0 aromatic carbocycles. The molecule has 0 saturated carbocycles. The summed E-state index contributed by atoms with van der Waals surface area (Å²) >= 11 is 0. The minimum Gasteiger partial charge on any atom is -0.479 e. The Labute approximate surface area is 73.5 Å². The second-order valence-corrected chi connectivity index (χ2v) is 2.58. The maximum absolute atomic E-state index is 10.4. The summed E-state index contributed by atoms with van der Waals surface area (Å²) in [5.74, 6) is -1.88. The number of carbonyl (C=O) groups is 1. The fourth-order valence-corrected chi connectivity index (χ4v) is 0.706. The van der Waals surface area contributed by atoms with Crippen LogP contribution in [0.25, 0.3) is 0 Å². The molecule has 0 heterocycles. The van der Waals surface area contributed by atoms with Gasteiger partial charge in [0.2, 0.25) is 5.60 Å². The molecule has 0 aliphatic carbocycles. The highest BCUT2D eigenvalue weighted by Crippen LogP contribution is 2.13. The van der Waals surface area contributed by atoms with Crippen LogP contribution in [0.1, 0.15) is 0 Å². The van der Waals surface area contributed by atoms with Gasteiger partial charge in [0.1, 0.15) is 12.2 Å². The number of aliphatic hydroxyl groups excluding tert-OH is 4. The van der Waals surface area contributed by atoms with Gasteiger partial charge in [-0.3, -0.25) is 0 Å². The van der Waals surface area contributed by atoms with Crippen molar-refractivity contribution in [3.63, 3.8) is 0 Å². The highest BCUT2D eigenvalue weighted by atomic mass is 16.4. The number of carboxylic acid groups (broad SMARTS) is 1. The molecule has 78 valence electrons. The van der Waals surface area contributed by atoms with E-state index in [2.05, 4.69) is 0 Å². The van der Waals surface area contributed by atoms with Crippen molar-refractivity contribution in [1.82, 2.24) is 0 Å². The molecule has 0 aromatic heterocycles. The molecule has 0 aromatic rings. The maximum atomic E-state index is 10.4. The molecule has 0 radical (unpaired) electrons. The monoisotopic (exact) mass is 196 g/mol. The Morgan fingerprint density at radius 1 is 1.31 bits per heavy atom. The van der Waals surface area contributed by atoms with E-state index in [1.54, 1.807) is 0 Å². The summed E-state index contributed by atoms with van der Waals surface area (Å²) in [6.45, 7) is -2.18. The minimum absolute atomic E-state index is 0.920. The summed E-state index contributed by atoms with van der Waals surface area (Å²) in [7, 11) is 0. The van der Waals surface area contributed by atoms with Crippen molar-refractivity contribution in [3.05, 3.63) is 0 Å². The summed E-state index contributed by atoms with van der Waals surface area (Å²) in [5, 5.41) is 52.1. The first-order chi connectivity index (χ1) is 5.90. The molecular weight excluding hydrogens is 184 g/mol. The lowest BCUT2D eigenvalue weighted by molar-refractivity contribution is -0.191. The Kier molecular flexibility index (Phi) is 4.24. The van der Waals surface area contributed by atoms with E-state index >= 15 is 0 Å². The van der Waals surface area contributed by atoms with Gasteiger partial charge in [-0.05, 0) is 0 Å². The minimum atomic E-state index is -2.86. The van der Waals surface area contributed by atoms with E-state index in [9.17, 15) is 4.79 Å². The van der Waals surface area contributed by atoms with Gasteiger partial charge >= 0.3 is 5.97 Å². The molecule has 0 aliphatic rings. The third kappa shape index (κ3) is 2.36. The lowest BCUT2D eigenvalue weighted by atomic mass is 9.94. The Morgan fingerprint density at radius 3 is 2.00 bits per heavy atom. The number of aliphatic carboxylic acids is 1. The summed E-state index contributed by atoms with van der Waals surface area (Å²) in [4.78, 5) is 10.4. The van der Waals surface area contributed by atoms with E-state index in [-0.39, 0.29) is 0 Å². The molecule has 0 saturated heterocycles. The molecule has 0 fully saturated rings. The van der Waals surface area contributed by atoms with Crippen LogP contribution >= 0.6 is 0 Å². The van der Waals surface area contributed by atoms with Crippen LogP contribution in [0.15, 0.2) is 0 Å². The van der Waals surface area contributed by atoms with E-state index in [1.165, 1.54) is 0 Å². The van der Waals surface area contributed by atoms with E-state index < -0.39 is 37.0 Å². The van der Waals surface area contributed by atoms with E-state index in [0.29, 0.717) is 0 Å². The van der Waals surface area contributed by atoms with Gasteiger partial charge in [0.25, 0.3) is 0 Å². The van der Waals surface area contributed by atoms with Gasteiger partial charge in [-0.2, -0.15) is 0 Å². The van der Waals surface area contributed by atoms with Crippen molar-refractivity contribution in [3.8, 4) is 0 Å². The third-order valence-electron chi connectivity index (χ3n) is 1.65. The molecule has 0 amide bonds. The fourth-order valence-electron chi connectivity index (χ4n) is 0.706. The number of rotatable bonds is 5. The fraction of sp³-hybridized carbons (Fsp3) is 0.833. The van der Waals surface area contributed by atoms with Crippen LogP contribution in [0, 0.1) is 0 Å².